The van der Waals surface area contributed by atoms with Crippen LogP contribution in [-0.4, -0.2) is 46.6 Å². The van der Waals surface area contributed by atoms with Gasteiger partial charge in [0.25, 0.3) is 11.6 Å². The van der Waals surface area contributed by atoms with Gasteiger partial charge >= 0.3 is 5.97 Å². The van der Waals surface area contributed by atoms with Crippen molar-refractivity contribution in [3.8, 4) is 0 Å². The summed E-state index contributed by atoms with van der Waals surface area (Å²) < 4.78 is 9.80. The molecule has 2 aromatic heterocycles. The molecule has 0 aliphatic heterocycles. The van der Waals surface area contributed by atoms with Crippen molar-refractivity contribution in [1.29, 1.82) is 0 Å². The van der Waals surface area contributed by atoms with Crippen molar-refractivity contribution < 1.29 is 18.8 Å². The zero-order valence-corrected chi connectivity index (χ0v) is 13.3. The summed E-state index contributed by atoms with van der Waals surface area (Å²) in [5.41, 5.74) is 1.99. The smallest absolute Gasteiger partial charge is 0.325 e. The molecular formula is C15H19N3O4. The van der Waals surface area contributed by atoms with Crippen molar-refractivity contribution in [2.75, 3.05) is 13.7 Å². The van der Waals surface area contributed by atoms with Gasteiger partial charge in [0.2, 0.25) is 0 Å². The van der Waals surface area contributed by atoms with Crippen LogP contribution in [0, 0.1) is 13.8 Å². The predicted molar refractivity (Wildman–Crippen MR) is 79.5 cm³/mol. The van der Waals surface area contributed by atoms with Gasteiger partial charge in [-0.3, -0.25) is 9.59 Å². The third kappa shape index (κ3) is 2.93. The van der Waals surface area contributed by atoms with Gasteiger partial charge in [0.05, 0.1) is 23.8 Å². The van der Waals surface area contributed by atoms with E-state index in [4.69, 9.17) is 4.52 Å². The number of methoxy groups -OCH3 is 1. The van der Waals surface area contributed by atoms with E-state index in [1.807, 2.05) is 13.8 Å². The van der Waals surface area contributed by atoms with E-state index in [0.717, 1.165) is 0 Å². The highest BCUT2D eigenvalue weighted by molar-refractivity contribution is 6.06. The molecule has 118 valence electrons. The number of nitrogens with zero attached hydrogens (tertiary/aromatic N) is 3. The molecule has 1 amide bonds. The summed E-state index contributed by atoms with van der Waals surface area (Å²) in [5.74, 6) is -0.742. The summed E-state index contributed by atoms with van der Waals surface area (Å²) in [6.45, 7) is 7.09. The van der Waals surface area contributed by atoms with Gasteiger partial charge in [0.1, 0.15) is 6.54 Å². The van der Waals surface area contributed by atoms with Crippen molar-refractivity contribution in [2.45, 2.75) is 33.7 Å². The highest BCUT2D eigenvalue weighted by atomic mass is 16.5. The molecule has 0 saturated heterocycles. The Morgan fingerprint density at radius 2 is 2.05 bits per heavy atom. The average molecular weight is 305 g/mol. The lowest BCUT2D eigenvalue weighted by atomic mass is 10.1. The standard InChI is InChI=1S/C15H19N3O4/c1-8(2)18(7-12(19)21-5)15(20)11-6-9(3)16-14-13(11)10(4)17-22-14/h6,8H,7H2,1-5H3. The number of aromatic nitrogens is 2. The monoisotopic (exact) mass is 305 g/mol. The second-order valence-corrected chi connectivity index (χ2v) is 5.36. The second kappa shape index (κ2) is 6.13. The van der Waals surface area contributed by atoms with Crippen LogP contribution in [0.25, 0.3) is 11.1 Å². The third-order valence-corrected chi connectivity index (χ3v) is 3.39. The van der Waals surface area contributed by atoms with E-state index in [9.17, 15) is 9.59 Å². The molecule has 2 heterocycles. The molecule has 0 radical (unpaired) electrons. The molecule has 0 fully saturated rings. The summed E-state index contributed by atoms with van der Waals surface area (Å²) in [6.07, 6.45) is 0. The average Bonchev–Trinajstić information content (AvgIpc) is 2.83. The number of fused-ring (bicyclic) bond motifs is 1. The Kier molecular flexibility index (Phi) is 4.44. The van der Waals surface area contributed by atoms with Crippen LogP contribution in [0.4, 0.5) is 0 Å². The minimum atomic E-state index is -0.467. The normalized spacial score (nSPS) is 11.0. The van der Waals surface area contributed by atoms with Crippen LogP contribution in [0.2, 0.25) is 0 Å². The number of rotatable bonds is 4. The highest BCUT2D eigenvalue weighted by Gasteiger charge is 2.26. The van der Waals surface area contributed by atoms with Crippen molar-refractivity contribution >= 4 is 23.0 Å². The van der Waals surface area contributed by atoms with Gasteiger partial charge in [-0.1, -0.05) is 5.16 Å². The fourth-order valence-electron chi connectivity index (χ4n) is 2.23. The summed E-state index contributed by atoms with van der Waals surface area (Å²) in [4.78, 5) is 30.1. The zero-order chi connectivity index (χ0) is 16.4. The highest BCUT2D eigenvalue weighted by Crippen LogP contribution is 2.23. The SMILES string of the molecule is COC(=O)CN(C(=O)c1cc(C)nc2onc(C)c12)C(C)C. The van der Waals surface area contributed by atoms with Gasteiger partial charge in [0, 0.05) is 11.7 Å². The van der Waals surface area contributed by atoms with E-state index in [1.165, 1.54) is 12.0 Å². The summed E-state index contributed by atoms with van der Waals surface area (Å²) in [7, 11) is 1.30. The number of pyridine rings is 1. The molecule has 0 saturated carbocycles. The number of amides is 1. The lowest BCUT2D eigenvalue weighted by Gasteiger charge is -2.25. The van der Waals surface area contributed by atoms with Crippen molar-refractivity contribution in [3.05, 3.63) is 23.0 Å². The third-order valence-electron chi connectivity index (χ3n) is 3.39. The van der Waals surface area contributed by atoms with E-state index < -0.39 is 5.97 Å². The van der Waals surface area contributed by atoms with Crippen LogP contribution in [0.15, 0.2) is 10.6 Å². The topological polar surface area (TPSA) is 85.5 Å². The number of carbonyl (C=O) groups is 2. The van der Waals surface area contributed by atoms with Crippen LogP contribution in [0.1, 0.15) is 35.6 Å². The number of ether oxygens (including phenoxy) is 1. The lowest BCUT2D eigenvalue weighted by Crippen LogP contribution is -2.41. The van der Waals surface area contributed by atoms with E-state index in [2.05, 4.69) is 14.9 Å². The number of hydrogen-bond acceptors (Lipinski definition) is 6. The first-order valence-electron chi connectivity index (χ1n) is 6.96. The summed E-state index contributed by atoms with van der Waals surface area (Å²) >= 11 is 0. The van der Waals surface area contributed by atoms with Gasteiger partial charge in [-0.25, -0.2) is 4.98 Å². The Labute approximate surface area is 128 Å². The molecule has 0 aliphatic rings. The molecule has 0 aliphatic carbocycles. The van der Waals surface area contributed by atoms with Crippen LogP contribution in [0.3, 0.4) is 0 Å². The summed E-state index contributed by atoms with van der Waals surface area (Å²) in [5, 5.41) is 4.44. The molecule has 0 spiro atoms. The predicted octanol–water partition coefficient (Wildman–Crippen LogP) is 1.86. The maximum atomic E-state index is 12.9. The molecule has 7 heteroatoms. The first kappa shape index (κ1) is 15.9. The number of carbonyl (C=O) groups excluding carboxylic acids is 2. The van der Waals surface area contributed by atoms with E-state index >= 15 is 0 Å². The van der Waals surface area contributed by atoms with E-state index in [0.29, 0.717) is 28.1 Å². The largest absolute Gasteiger partial charge is 0.468 e. The van der Waals surface area contributed by atoms with Crippen LogP contribution < -0.4 is 0 Å². The molecular weight excluding hydrogens is 286 g/mol. The fraction of sp³-hybridized carbons (Fsp3) is 0.467. The first-order valence-corrected chi connectivity index (χ1v) is 6.96. The van der Waals surface area contributed by atoms with Gasteiger partial charge < -0.3 is 14.2 Å². The first-order chi connectivity index (χ1) is 10.3. The Bertz CT molecular complexity index is 721. The van der Waals surface area contributed by atoms with Gasteiger partial charge in [-0.2, -0.15) is 0 Å². The number of aryl methyl sites for hydroxylation is 2. The number of esters is 1. The van der Waals surface area contributed by atoms with Crippen LogP contribution in [0.5, 0.6) is 0 Å². The molecule has 0 bridgehead atoms. The quantitative estimate of drug-likeness (QED) is 0.801. The summed E-state index contributed by atoms with van der Waals surface area (Å²) in [6, 6.07) is 1.52. The Hall–Kier alpha value is -2.44. The molecule has 7 nitrogen and oxygen atoms in total. The Morgan fingerprint density at radius 3 is 2.64 bits per heavy atom. The second-order valence-electron chi connectivity index (χ2n) is 5.36. The molecule has 22 heavy (non-hydrogen) atoms. The van der Waals surface area contributed by atoms with E-state index in [1.54, 1.807) is 19.9 Å². The minimum absolute atomic E-state index is 0.111. The number of hydrogen-bond donors (Lipinski definition) is 0. The van der Waals surface area contributed by atoms with Crippen LogP contribution >= 0.6 is 0 Å². The van der Waals surface area contributed by atoms with Crippen molar-refractivity contribution in [2.24, 2.45) is 0 Å². The Morgan fingerprint density at radius 1 is 1.36 bits per heavy atom. The van der Waals surface area contributed by atoms with Gasteiger partial charge in [-0.15, -0.1) is 0 Å². The fourth-order valence-corrected chi connectivity index (χ4v) is 2.23. The molecule has 0 unspecified atom stereocenters. The lowest BCUT2D eigenvalue weighted by molar-refractivity contribution is -0.141. The van der Waals surface area contributed by atoms with Crippen LogP contribution in [-0.2, 0) is 9.53 Å². The molecule has 0 atom stereocenters. The molecule has 2 aromatic rings. The van der Waals surface area contributed by atoms with Crippen molar-refractivity contribution in [3.63, 3.8) is 0 Å². The maximum Gasteiger partial charge on any atom is 0.325 e. The molecule has 0 aromatic carbocycles. The minimum Gasteiger partial charge on any atom is -0.468 e. The van der Waals surface area contributed by atoms with Gasteiger partial charge in [-0.05, 0) is 33.8 Å². The van der Waals surface area contributed by atoms with E-state index in [-0.39, 0.29) is 18.5 Å². The Balaban J connectivity index is 2.51. The van der Waals surface area contributed by atoms with Crippen molar-refractivity contribution in [1.82, 2.24) is 15.0 Å². The molecule has 2 rings (SSSR count). The maximum absolute atomic E-state index is 12.9. The van der Waals surface area contributed by atoms with Gasteiger partial charge in [0.15, 0.2) is 0 Å². The zero-order valence-electron chi connectivity index (χ0n) is 13.3. The molecule has 0 N–H and O–H groups in total.